The largest absolute Gasteiger partial charge is 0.383 e. The molecule has 0 aliphatic rings. The van der Waals surface area contributed by atoms with Crippen molar-refractivity contribution in [2.75, 3.05) is 19.0 Å². The van der Waals surface area contributed by atoms with Crippen molar-refractivity contribution >= 4 is 5.82 Å². The van der Waals surface area contributed by atoms with Crippen LogP contribution in [0, 0.1) is 11.6 Å². The van der Waals surface area contributed by atoms with Crippen molar-refractivity contribution in [1.29, 1.82) is 0 Å². The molecule has 3 rings (SSSR count). The van der Waals surface area contributed by atoms with E-state index in [0.29, 0.717) is 25.4 Å². The molecule has 0 spiro atoms. The molecule has 0 fully saturated rings. The maximum absolute atomic E-state index is 13.7. The van der Waals surface area contributed by atoms with E-state index in [1.807, 2.05) is 24.4 Å². The number of aromatic nitrogens is 2. The first-order chi connectivity index (χ1) is 12.6. The Morgan fingerprint density at radius 3 is 2.58 bits per heavy atom. The Bertz CT molecular complexity index is 850. The van der Waals surface area contributed by atoms with Crippen LogP contribution in [0.2, 0.25) is 0 Å². The van der Waals surface area contributed by atoms with Gasteiger partial charge in [-0.1, -0.05) is 24.3 Å². The highest BCUT2D eigenvalue weighted by molar-refractivity contribution is 5.38. The lowest BCUT2D eigenvalue weighted by atomic mass is 9.98. The van der Waals surface area contributed by atoms with Gasteiger partial charge >= 0.3 is 0 Å². The first-order valence-electron chi connectivity index (χ1n) is 8.43. The van der Waals surface area contributed by atoms with Crippen LogP contribution in [0.25, 0.3) is 0 Å². The number of rotatable bonds is 8. The van der Waals surface area contributed by atoms with E-state index in [0.717, 1.165) is 11.1 Å². The van der Waals surface area contributed by atoms with E-state index < -0.39 is 0 Å². The second-order valence-corrected chi connectivity index (χ2v) is 6.04. The first kappa shape index (κ1) is 18.1. The van der Waals surface area contributed by atoms with Gasteiger partial charge in [0.2, 0.25) is 0 Å². The minimum atomic E-state index is -0.306. The quantitative estimate of drug-likeness (QED) is 0.657. The lowest BCUT2D eigenvalue weighted by molar-refractivity contribution is 0.183. The third-order valence-corrected chi connectivity index (χ3v) is 4.07. The van der Waals surface area contributed by atoms with Gasteiger partial charge in [0.25, 0.3) is 0 Å². The minimum Gasteiger partial charge on any atom is -0.383 e. The van der Waals surface area contributed by atoms with Crippen LogP contribution in [0.1, 0.15) is 17.2 Å². The van der Waals surface area contributed by atoms with Crippen molar-refractivity contribution < 1.29 is 13.5 Å². The standard InChI is InChI=1S/C20H21F2N3O/c1-26-11-10-25-9-8-20(24-25)23-19(16-5-3-7-18(22)14-16)13-15-4-2-6-17(21)12-15/h2-9,12,14,19H,10-11,13H2,1H3,(H,23,24)/t19-/m1/s1. The second-order valence-electron chi connectivity index (χ2n) is 6.04. The molecule has 6 heteroatoms. The molecule has 136 valence electrons. The molecule has 3 aromatic rings. The Kier molecular flexibility index (Phi) is 5.96. The van der Waals surface area contributed by atoms with Gasteiger partial charge in [0.05, 0.1) is 19.2 Å². The SMILES string of the molecule is COCCn1ccc(N[C@H](Cc2cccc(F)c2)c2cccc(F)c2)n1. The van der Waals surface area contributed by atoms with Gasteiger partial charge in [0.1, 0.15) is 17.5 Å². The number of anilines is 1. The van der Waals surface area contributed by atoms with Crippen molar-refractivity contribution in [2.24, 2.45) is 0 Å². The summed E-state index contributed by atoms with van der Waals surface area (Å²) in [4.78, 5) is 0. The number of hydrogen-bond donors (Lipinski definition) is 1. The molecule has 1 heterocycles. The summed E-state index contributed by atoms with van der Waals surface area (Å²) >= 11 is 0. The highest BCUT2D eigenvalue weighted by atomic mass is 19.1. The summed E-state index contributed by atoms with van der Waals surface area (Å²) in [5, 5.41) is 7.78. The fourth-order valence-corrected chi connectivity index (χ4v) is 2.80. The molecular weight excluding hydrogens is 336 g/mol. The van der Waals surface area contributed by atoms with Crippen LogP contribution in [0.5, 0.6) is 0 Å². The van der Waals surface area contributed by atoms with Crippen molar-refractivity contribution in [3.05, 3.63) is 83.6 Å². The Hall–Kier alpha value is -2.73. The van der Waals surface area contributed by atoms with Crippen molar-refractivity contribution in [2.45, 2.75) is 19.0 Å². The Balaban J connectivity index is 1.81. The maximum atomic E-state index is 13.7. The average Bonchev–Trinajstić information content (AvgIpc) is 3.07. The zero-order valence-corrected chi connectivity index (χ0v) is 14.5. The molecule has 0 radical (unpaired) electrons. The monoisotopic (exact) mass is 357 g/mol. The third kappa shape index (κ3) is 4.89. The molecule has 0 aliphatic carbocycles. The van der Waals surface area contributed by atoms with Crippen molar-refractivity contribution in [3.63, 3.8) is 0 Å². The summed E-state index contributed by atoms with van der Waals surface area (Å²) < 4.78 is 34.0. The number of hydrogen-bond acceptors (Lipinski definition) is 3. The Labute approximate surface area is 151 Å². The van der Waals surface area contributed by atoms with Crippen LogP contribution in [0.3, 0.4) is 0 Å². The minimum absolute atomic E-state index is 0.238. The molecule has 2 aromatic carbocycles. The van der Waals surface area contributed by atoms with E-state index in [2.05, 4.69) is 10.4 Å². The van der Waals surface area contributed by atoms with Gasteiger partial charge in [-0.3, -0.25) is 4.68 Å². The Morgan fingerprint density at radius 1 is 1.08 bits per heavy atom. The van der Waals surface area contributed by atoms with Gasteiger partial charge in [0, 0.05) is 19.4 Å². The summed E-state index contributed by atoms with van der Waals surface area (Å²) in [6.07, 6.45) is 2.36. The summed E-state index contributed by atoms with van der Waals surface area (Å²) in [6, 6.07) is 14.5. The average molecular weight is 357 g/mol. The highest BCUT2D eigenvalue weighted by Gasteiger charge is 2.15. The topological polar surface area (TPSA) is 39.1 Å². The zero-order chi connectivity index (χ0) is 18.4. The number of benzene rings is 2. The molecule has 0 unspecified atom stereocenters. The molecular formula is C20H21F2N3O. The molecule has 0 aliphatic heterocycles. The van der Waals surface area contributed by atoms with Crippen LogP contribution >= 0.6 is 0 Å². The third-order valence-electron chi connectivity index (χ3n) is 4.07. The number of nitrogens with zero attached hydrogens (tertiary/aromatic N) is 2. The fraction of sp³-hybridized carbons (Fsp3) is 0.250. The molecule has 4 nitrogen and oxygen atoms in total. The number of nitrogens with one attached hydrogen (secondary N) is 1. The van der Waals surface area contributed by atoms with E-state index in [4.69, 9.17) is 4.74 Å². The van der Waals surface area contributed by atoms with E-state index in [-0.39, 0.29) is 17.7 Å². The fourth-order valence-electron chi connectivity index (χ4n) is 2.80. The van der Waals surface area contributed by atoms with E-state index in [1.54, 1.807) is 23.9 Å². The van der Waals surface area contributed by atoms with Crippen LogP contribution in [0.15, 0.2) is 60.8 Å². The molecule has 26 heavy (non-hydrogen) atoms. The molecule has 1 aromatic heterocycles. The highest BCUT2D eigenvalue weighted by Crippen LogP contribution is 2.24. The number of methoxy groups -OCH3 is 1. The van der Waals surface area contributed by atoms with E-state index in [9.17, 15) is 8.78 Å². The van der Waals surface area contributed by atoms with Gasteiger partial charge in [-0.25, -0.2) is 8.78 Å². The number of halogens is 2. The van der Waals surface area contributed by atoms with Gasteiger partial charge in [0.15, 0.2) is 0 Å². The van der Waals surface area contributed by atoms with Crippen LogP contribution in [-0.4, -0.2) is 23.5 Å². The lowest BCUT2D eigenvalue weighted by Crippen LogP contribution is -2.15. The molecule has 0 saturated heterocycles. The van der Waals surface area contributed by atoms with Gasteiger partial charge < -0.3 is 10.1 Å². The van der Waals surface area contributed by atoms with Crippen molar-refractivity contribution in [3.8, 4) is 0 Å². The van der Waals surface area contributed by atoms with Gasteiger partial charge in [-0.2, -0.15) is 5.10 Å². The van der Waals surface area contributed by atoms with Gasteiger partial charge in [-0.05, 0) is 41.8 Å². The maximum Gasteiger partial charge on any atom is 0.148 e. The van der Waals surface area contributed by atoms with Crippen LogP contribution in [-0.2, 0) is 17.7 Å². The molecule has 0 saturated carbocycles. The van der Waals surface area contributed by atoms with Crippen LogP contribution in [0.4, 0.5) is 14.6 Å². The lowest BCUT2D eigenvalue weighted by Gasteiger charge is -2.19. The van der Waals surface area contributed by atoms with Gasteiger partial charge in [-0.15, -0.1) is 0 Å². The molecule has 0 bridgehead atoms. The second kappa shape index (κ2) is 8.58. The summed E-state index contributed by atoms with van der Waals surface area (Å²) in [6.45, 7) is 1.21. The van der Waals surface area contributed by atoms with Crippen molar-refractivity contribution in [1.82, 2.24) is 9.78 Å². The predicted molar refractivity (Wildman–Crippen MR) is 97.0 cm³/mol. The predicted octanol–water partition coefficient (Wildman–Crippen LogP) is 4.20. The Morgan fingerprint density at radius 2 is 1.85 bits per heavy atom. The summed E-state index contributed by atoms with van der Waals surface area (Å²) in [5.41, 5.74) is 1.60. The van der Waals surface area contributed by atoms with E-state index in [1.165, 1.54) is 24.3 Å². The zero-order valence-electron chi connectivity index (χ0n) is 14.5. The first-order valence-corrected chi connectivity index (χ1v) is 8.43. The van der Waals surface area contributed by atoms with Crippen LogP contribution < -0.4 is 5.32 Å². The summed E-state index contributed by atoms with van der Waals surface area (Å²) in [5.74, 6) is 0.0790. The van der Waals surface area contributed by atoms with E-state index >= 15 is 0 Å². The number of ether oxygens (including phenoxy) is 1. The summed E-state index contributed by atoms with van der Waals surface area (Å²) in [7, 11) is 1.64. The molecule has 1 N–H and O–H groups in total. The normalized spacial score (nSPS) is 12.1. The molecule has 1 atom stereocenters. The smallest absolute Gasteiger partial charge is 0.148 e. The molecule has 0 amide bonds.